The third kappa shape index (κ3) is 4.91. The highest BCUT2D eigenvalue weighted by Gasteiger charge is 2.47. The summed E-state index contributed by atoms with van der Waals surface area (Å²) in [7, 11) is 1.28. The van der Waals surface area contributed by atoms with E-state index in [4.69, 9.17) is 14.2 Å². The van der Waals surface area contributed by atoms with E-state index in [1.165, 1.54) is 7.11 Å². The van der Waals surface area contributed by atoms with Gasteiger partial charge < -0.3 is 19.5 Å². The van der Waals surface area contributed by atoms with Gasteiger partial charge in [0.1, 0.15) is 17.4 Å². The lowest BCUT2D eigenvalue weighted by molar-refractivity contribution is -0.151. The van der Waals surface area contributed by atoms with Gasteiger partial charge >= 0.3 is 11.9 Å². The van der Waals surface area contributed by atoms with Crippen LogP contribution >= 0.6 is 0 Å². The van der Waals surface area contributed by atoms with Gasteiger partial charge in [0.25, 0.3) is 0 Å². The second-order valence-corrected chi connectivity index (χ2v) is 9.16. The van der Waals surface area contributed by atoms with E-state index in [0.717, 1.165) is 5.70 Å². The highest BCUT2D eigenvalue weighted by atomic mass is 16.5. The number of dihydropyridines is 1. The van der Waals surface area contributed by atoms with Crippen LogP contribution in [0.15, 0.2) is 77.1 Å². The fraction of sp³-hybridized carbons (Fsp3) is 0.345. The van der Waals surface area contributed by atoms with Crippen molar-refractivity contribution in [3.05, 3.63) is 82.7 Å². The van der Waals surface area contributed by atoms with Crippen molar-refractivity contribution < 1.29 is 28.6 Å². The molecule has 3 atom stereocenters. The van der Waals surface area contributed by atoms with Crippen LogP contribution in [0.3, 0.4) is 0 Å². The molecule has 0 spiro atoms. The van der Waals surface area contributed by atoms with Gasteiger partial charge in [-0.1, -0.05) is 44.2 Å². The molecule has 0 radical (unpaired) electrons. The Hall–Kier alpha value is -3.87. The average molecular weight is 490 g/mol. The first kappa shape index (κ1) is 25.2. The van der Waals surface area contributed by atoms with Crippen LogP contribution in [-0.2, 0) is 23.9 Å². The molecule has 1 aliphatic heterocycles. The van der Waals surface area contributed by atoms with Crippen molar-refractivity contribution >= 4 is 17.7 Å². The molecule has 2 aromatic carbocycles. The summed E-state index contributed by atoms with van der Waals surface area (Å²) in [6, 6.07) is 16.7. The van der Waals surface area contributed by atoms with Gasteiger partial charge in [-0.15, -0.1) is 0 Å². The Bertz CT molecular complexity index is 1230. The molecule has 188 valence electrons. The smallest absolute Gasteiger partial charge is 0.336 e. The molecule has 1 heterocycles. The Morgan fingerprint density at radius 2 is 1.78 bits per heavy atom. The molecule has 2 aromatic rings. The Labute approximate surface area is 211 Å². The fourth-order valence-electron chi connectivity index (χ4n) is 4.94. The largest absolute Gasteiger partial charge is 0.468 e. The van der Waals surface area contributed by atoms with Gasteiger partial charge in [0.2, 0.25) is 0 Å². The van der Waals surface area contributed by atoms with Crippen molar-refractivity contribution in [3.63, 3.8) is 0 Å². The molecule has 0 fully saturated rings. The summed E-state index contributed by atoms with van der Waals surface area (Å²) in [5.74, 6) is -2.05. The van der Waals surface area contributed by atoms with Gasteiger partial charge in [-0.05, 0) is 55.5 Å². The molecule has 3 unspecified atom stereocenters. The lowest BCUT2D eigenvalue weighted by Gasteiger charge is -2.38. The summed E-state index contributed by atoms with van der Waals surface area (Å²) in [5.41, 5.74) is 2.80. The van der Waals surface area contributed by atoms with Crippen LogP contribution in [0.1, 0.15) is 45.1 Å². The van der Waals surface area contributed by atoms with E-state index in [1.54, 1.807) is 0 Å². The van der Waals surface area contributed by atoms with E-state index in [2.05, 4.69) is 5.32 Å². The first-order chi connectivity index (χ1) is 17.3. The molecule has 0 aromatic heterocycles. The molecule has 4 rings (SSSR count). The molecule has 7 heteroatoms. The molecule has 0 saturated heterocycles. The van der Waals surface area contributed by atoms with Crippen molar-refractivity contribution in [2.75, 3.05) is 13.7 Å². The molecule has 2 aliphatic rings. The van der Waals surface area contributed by atoms with E-state index in [1.807, 2.05) is 75.4 Å². The van der Waals surface area contributed by atoms with Crippen LogP contribution in [0.4, 0.5) is 0 Å². The monoisotopic (exact) mass is 489 g/mol. The first-order valence-corrected chi connectivity index (χ1v) is 12.2. The summed E-state index contributed by atoms with van der Waals surface area (Å²) >= 11 is 0. The topological polar surface area (TPSA) is 90.9 Å². The Morgan fingerprint density at radius 3 is 2.47 bits per heavy atom. The summed E-state index contributed by atoms with van der Waals surface area (Å²) in [5, 5.41) is 3.27. The zero-order valence-electron chi connectivity index (χ0n) is 21.0. The zero-order valence-corrected chi connectivity index (χ0v) is 21.0. The number of hydrogen-bond donors (Lipinski definition) is 1. The van der Waals surface area contributed by atoms with Gasteiger partial charge in [0.15, 0.2) is 5.78 Å². The Kier molecular flexibility index (Phi) is 7.58. The fourth-order valence-corrected chi connectivity index (χ4v) is 4.94. The molecule has 0 bridgehead atoms. The minimum Gasteiger partial charge on any atom is -0.468 e. The number of nitrogens with one attached hydrogen (secondary N) is 1. The second-order valence-electron chi connectivity index (χ2n) is 9.16. The highest BCUT2D eigenvalue weighted by Crippen LogP contribution is 2.46. The van der Waals surface area contributed by atoms with E-state index >= 15 is 0 Å². The lowest BCUT2D eigenvalue weighted by Crippen LogP contribution is -2.43. The molecule has 0 saturated carbocycles. The van der Waals surface area contributed by atoms with Crippen LogP contribution in [0.25, 0.3) is 0 Å². The lowest BCUT2D eigenvalue weighted by atomic mass is 9.69. The maximum atomic E-state index is 13.8. The third-order valence-corrected chi connectivity index (χ3v) is 6.57. The molecule has 1 aliphatic carbocycles. The van der Waals surface area contributed by atoms with Crippen molar-refractivity contribution in [1.82, 2.24) is 5.32 Å². The number of allylic oxidation sites excluding steroid dienone is 3. The maximum Gasteiger partial charge on any atom is 0.336 e. The number of Topliss-reactive ketones (excluding diaryl/α,β-unsaturated/α-hetero) is 1. The number of carbonyl (C=O) groups is 3. The van der Waals surface area contributed by atoms with Crippen LogP contribution in [0.2, 0.25) is 0 Å². The predicted octanol–water partition coefficient (Wildman–Crippen LogP) is 5.05. The van der Waals surface area contributed by atoms with Crippen molar-refractivity contribution in [2.45, 2.75) is 39.5 Å². The average Bonchev–Trinajstić information content (AvgIpc) is 2.87. The van der Waals surface area contributed by atoms with Crippen molar-refractivity contribution in [1.29, 1.82) is 0 Å². The SMILES string of the molecule is CCCOC(=O)C1=C(C)NC2=C(C(=O)C(C(=O)OC)C(C)C2)C1c1cccc(Oc2ccccc2)c1. The quantitative estimate of drug-likeness (QED) is 0.430. The number of ether oxygens (including phenoxy) is 3. The maximum absolute atomic E-state index is 13.8. The van der Waals surface area contributed by atoms with Gasteiger partial charge in [0, 0.05) is 22.9 Å². The zero-order chi connectivity index (χ0) is 25.8. The number of esters is 2. The van der Waals surface area contributed by atoms with E-state index < -0.39 is 23.8 Å². The van der Waals surface area contributed by atoms with Gasteiger partial charge in [-0.25, -0.2) is 4.79 Å². The van der Waals surface area contributed by atoms with Crippen LogP contribution in [-0.4, -0.2) is 31.4 Å². The Morgan fingerprint density at radius 1 is 1.06 bits per heavy atom. The molecule has 36 heavy (non-hydrogen) atoms. The molecular formula is C29H31NO6. The number of benzene rings is 2. The van der Waals surface area contributed by atoms with Gasteiger partial charge in [-0.2, -0.15) is 0 Å². The van der Waals surface area contributed by atoms with Gasteiger partial charge in [0.05, 0.1) is 19.3 Å². The van der Waals surface area contributed by atoms with Crippen LogP contribution in [0.5, 0.6) is 11.5 Å². The minimum absolute atomic E-state index is 0.244. The van der Waals surface area contributed by atoms with Crippen LogP contribution < -0.4 is 10.1 Å². The molecular weight excluding hydrogens is 458 g/mol. The summed E-state index contributed by atoms with van der Waals surface area (Å²) in [4.78, 5) is 39.7. The number of carbonyl (C=O) groups excluding carboxylic acids is 3. The van der Waals surface area contributed by atoms with E-state index in [0.29, 0.717) is 46.7 Å². The molecule has 1 N–H and O–H groups in total. The first-order valence-electron chi connectivity index (χ1n) is 12.2. The Balaban J connectivity index is 1.82. The second kappa shape index (κ2) is 10.8. The van der Waals surface area contributed by atoms with Crippen molar-refractivity contribution in [3.8, 4) is 11.5 Å². The number of methoxy groups -OCH3 is 1. The number of hydrogen-bond acceptors (Lipinski definition) is 7. The molecule has 7 nitrogen and oxygen atoms in total. The summed E-state index contributed by atoms with van der Waals surface area (Å²) in [6.45, 7) is 5.86. The normalized spacial score (nSPS) is 21.4. The summed E-state index contributed by atoms with van der Waals surface area (Å²) in [6.07, 6.45) is 1.15. The van der Waals surface area contributed by atoms with Crippen LogP contribution in [0, 0.1) is 11.8 Å². The minimum atomic E-state index is -0.937. The van der Waals surface area contributed by atoms with E-state index in [9.17, 15) is 14.4 Å². The highest BCUT2D eigenvalue weighted by molar-refractivity contribution is 6.12. The van der Waals surface area contributed by atoms with Gasteiger partial charge in [-0.3, -0.25) is 9.59 Å². The number of ketones is 1. The number of para-hydroxylation sites is 1. The molecule has 0 amide bonds. The number of rotatable bonds is 7. The third-order valence-electron chi connectivity index (χ3n) is 6.57. The predicted molar refractivity (Wildman–Crippen MR) is 134 cm³/mol. The van der Waals surface area contributed by atoms with Crippen molar-refractivity contribution in [2.24, 2.45) is 11.8 Å². The summed E-state index contributed by atoms with van der Waals surface area (Å²) < 4.78 is 16.5. The standard InChI is InChI=1S/C29H31NO6/c1-5-14-35-29(33)24-18(3)30-22-15-17(2)23(28(32)34-4)27(31)26(22)25(24)19-10-9-13-21(16-19)36-20-11-7-6-8-12-20/h6-13,16-17,23,25,30H,5,14-15H2,1-4H3. The van der Waals surface area contributed by atoms with E-state index in [-0.39, 0.29) is 18.3 Å².